The third kappa shape index (κ3) is 5.45. The summed E-state index contributed by atoms with van der Waals surface area (Å²) in [4.78, 5) is 3.86. The van der Waals surface area contributed by atoms with Gasteiger partial charge in [0.25, 0.3) is 0 Å². The highest BCUT2D eigenvalue weighted by molar-refractivity contribution is 6.23. The van der Waals surface area contributed by atoms with Gasteiger partial charge in [-0.05, 0) is 24.3 Å². The minimum atomic E-state index is -0.928. The minimum Gasteiger partial charge on any atom is -0.398 e. The molecule has 0 aliphatic carbocycles. The second-order valence-corrected chi connectivity index (χ2v) is 5.42. The van der Waals surface area contributed by atoms with Gasteiger partial charge in [0, 0.05) is 35.0 Å². The van der Waals surface area contributed by atoms with Crippen LogP contribution in [0.5, 0.6) is 0 Å². The van der Waals surface area contributed by atoms with Crippen LogP contribution in [-0.2, 0) is 0 Å². The van der Waals surface area contributed by atoms with E-state index in [1.54, 1.807) is 0 Å². The van der Waals surface area contributed by atoms with Crippen molar-refractivity contribution in [3.63, 3.8) is 0 Å². The molecule has 0 aliphatic rings. The Labute approximate surface area is 144 Å². The van der Waals surface area contributed by atoms with Crippen LogP contribution < -0.4 is 11.5 Å². The van der Waals surface area contributed by atoms with Gasteiger partial charge in [-0.2, -0.15) is 0 Å². The Kier molecular flexibility index (Phi) is 6.86. The second kappa shape index (κ2) is 8.62. The fraction of sp³-hybridized carbons (Fsp3) is 0.176. The first kappa shape index (κ1) is 19.9. The Bertz CT molecular complexity index is 790. The lowest BCUT2D eigenvalue weighted by atomic mass is 10.0. The molecule has 0 atom stereocenters. The summed E-state index contributed by atoms with van der Waals surface area (Å²) in [6, 6.07) is 2.76. The SMILES string of the molecule is CC(C)C(N)=NC(=N)/C=C\C(N)=C(\C=N)C(=N)c1ccc(F)cc1F. The van der Waals surface area contributed by atoms with E-state index in [1.165, 1.54) is 12.2 Å². The first-order valence-electron chi connectivity index (χ1n) is 7.32. The number of halogens is 2. The number of hydrogen-bond donors (Lipinski definition) is 5. The van der Waals surface area contributed by atoms with Crippen LogP contribution in [0, 0.1) is 33.8 Å². The Balaban J connectivity index is 3.12. The summed E-state index contributed by atoms with van der Waals surface area (Å²) in [5.74, 6) is -1.59. The fourth-order valence-electron chi connectivity index (χ4n) is 1.70. The number of allylic oxidation sites excluding steroid dienone is 2. The molecular formula is C17H20F2N6. The smallest absolute Gasteiger partial charge is 0.146 e. The Hall–Kier alpha value is -3.16. The lowest BCUT2D eigenvalue weighted by Crippen LogP contribution is -2.20. The normalized spacial score (nSPS) is 13.1. The number of nitrogens with one attached hydrogen (secondary N) is 3. The van der Waals surface area contributed by atoms with Crippen molar-refractivity contribution in [1.29, 1.82) is 16.2 Å². The van der Waals surface area contributed by atoms with Crippen molar-refractivity contribution in [2.75, 3.05) is 0 Å². The number of nitrogens with two attached hydrogens (primary N) is 2. The zero-order chi connectivity index (χ0) is 19.1. The number of benzene rings is 1. The molecule has 0 saturated heterocycles. The summed E-state index contributed by atoms with van der Waals surface area (Å²) in [5, 5.41) is 23.1. The zero-order valence-corrected chi connectivity index (χ0v) is 13.9. The fourth-order valence-corrected chi connectivity index (χ4v) is 1.70. The van der Waals surface area contributed by atoms with E-state index in [2.05, 4.69) is 4.99 Å². The number of aliphatic imine (C=N–C) groups is 1. The van der Waals surface area contributed by atoms with Crippen molar-refractivity contribution >= 4 is 23.6 Å². The lowest BCUT2D eigenvalue weighted by molar-refractivity contribution is 0.582. The average molecular weight is 346 g/mol. The van der Waals surface area contributed by atoms with Crippen LogP contribution >= 0.6 is 0 Å². The maximum absolute atomic E-state index is 13.8. The highest BCUT2D eigenvalue weighted by atomic mass is 19.1. The highest BCUT2D eigenvalue weighted by Crippen LogP contribution is 2.15. The topological polar surface area (TPSA) is 136 Å². The third-order valence-corrected chi connectivity index (χ3v) is 3.19. The molecule has 1 aromatic rings. The van der Waals surface area contributed by atoms with E-state index in [9.17, 15) is 8.78 Å². The molecular weight excluding hydrogens is 326 g/mol. The van der Waals surface area contributed by atoms with E-state index < -0.39 is 11.6 Å². The van der Waals surface area contributed by atoms with Gasteiger partial charge in [-0.15, -0.1) is 0 Å². The van der Waals surface area contributed by atoms with Crippen molar-refractivity contribution in [2.24, 2.45) is 22.4 Å². The van der Waals surface area contributed by atoms with E-state index in [4.69, 9.17) is 27.7 Å². The van der Waals surface area contributed by atoms with Gasteiger partial charge in [-0.1, -0.05) is 13.8 Å². The van der Waals surface area contributed by atoms with Crippen LogP contribution in [-0.4, -0.2) is 23.6 Å². The number of rotatable bonds is 6. The van der Waals surface area contributed by atoms with Gasteiger partial charge in [-0.3, -0.25) is 10.8 Å². The summed E-state index contributed by atoms with van der Waals surface area (Å²) < 4.78 is 26.8. The predicted octanol–water partition coefficient (Wildman–Crippen LogP) is 2.74. The summed E-state index contributed by atoms with van der Waals surface area (Å²) in [7, 11) is 0. The second-order valence-electron chi connectivity index (χ2n) is 5.42. The molecule has 0 unspecified atom stereocenters. The molecule has 7 N–H and O–H groups in total. The number of amidine groups is 2. The van der Waals surface area contributed by atoms with Crippen molar-refractivity contribution in [1.82, 2.24) is 0 Å². The summed E-state index contributed by atoms with van der Waals surface area (Å²) in [6.45, 7) is 3.66. The molecule has 0 bridgehead atoms. The highest BCUT2D eigenvalue weighted by Gasteiger charge is 2.14. The van der Waals surface area contributed by atoms with E-state index in [0.29, 0.717) is 6.07 Å². The Morgan fingerprint density at radius 2 is 1.80 bits per heavy atom. The molecule has 0 heterocycles. The molecule has 6 nitrogen and oxygen atoms in total. The summed E-state index contributed by atoms with van der Waals surface area (Å²) in [5.41, 5.74) is 10.8. The molecule has 0 aromatic heterocycles. The van der Waals surface area contributed by atoms with Gasteiger partial charge in [0.2, 0.25) is 0 Å². The molecule has 0 saturated carbocycles. The molecule has 25 heavy (non-hydrogen) atoms. The van der Waals surface area contributed by atoms with E-state index >= 15 is 0 Å². The van der Waals surface area contributed by atoms with E-state index in [1.807, 2.05) is 13.8 Å². The predicted molar refractivity (Wildman–Crippen MR) is 96.5 cm³/mol. The van der Waals surface area contributed by atoms with Crippen molar-refractivity contribution in [2.45, 2.75) is 13.8 Å². The Morgan fingerprint density at radius 1 is 1.16 bits per heavy atom. The first-order valence-corrected chi connectivity index (χ1v) is 7.32. The van der Waals surface area contributed by atoms with Crippen LogP contribution in [0.15, 0.2) is 46.6 Å². The van der Waals surface area contributed by atoms with Crippen LogP contribution in [0.3, 0.4) is 0 Å². The maximum Gasteiger partial charge on any atom is 0.146 e. The summed E-state index contributed by atoms with van der Waals surface area (Å²) in [6.07, 6.45) is 3.32. The monoisotopic (exact) mass is 346 g/mol. The number of hydrogen-bond acceptors (Lipinski definition) is 4. The van der Waals surface area contributed by atoms with Gasteiger partial charge in [-0.25, -0.2) is 13.8 Å². The largest absolute Gasteiger partial charge is 0.398 e. The van der Waals surface area contributed by atoms with Crippen LogP contribution in [0.1, 0.15) is 19.4 Å². The van der Waals surface area contributed by atoms with Crippen molar-refractivity contribution in [3.8, 4) is 0 Å². The van der Waals surface area contributed by atoms with Gasteiger partial charge in [0.15, 0.2) is 0 Å². The van der Waals surface area contributed by atoms with Gasteiger partial charge >= 0.3 is 0 Å². The van der Waals surface area contributed by atoms with Crippen LogP contribution in [0.25, 0.3) is 0 Å². The zero-order valence-electron chi connectivity index (χ0n) is 13.9. The standard InChI is InChI=1S/C17H20F2N6/c1-9(2)17(24)25-15(22)6-5-14(21)12(8-20)16(23)11-4-3-10(18)7-13(11)19/h3-9,20,23H,21H2,1-2H3,(H3,22,24,25)/b6-5-,14-12+,20-8?,23-16?. The molecule has 0 spiro atoms. The first-order chi connectivity index (χ1) is 11.7. The van der Waals surface area contributed by atoms with Crippen LogP contribution in [0.2, 0.25) is 0 Å². The van der Waals surface area contributed by atoms with Gasteiger partial charge in [0.05, 0.1) is 5.71 Å². The molecule has 1 rings (SSSR count). The van der Waals surface area contributed by atoms with Crippen LogP contribution in [0.4, 0.5) is 8.78 Å². The number of nitrogens with zero attached hydrogens (tertiary/aromatic N) is 1. The van der Waals surface area contributed by atoms with Gasteiger partial charge < -0.3 is 16.9 Å². The average Bonchev–Trinajstić information content (AvgIpc) is 2.53. The lowest BCUT2D eigenvalue weighted by Gasteiger charge is -2.08. The molecule has 0 radical (unpaired) electrons. The third-order valence-electron chi connectivity index (χ3n) is 3.19. The molecule has 0 fully saturated rings. The molecule has 132 valence electrons. The molecule has 0 amide bonds. The molecule has 0 aliphatic heterocycles. The van der Waals surface area contributed by atoms with Crippen molar-refractivity contribution in [3.05, 3.63) is 58.8 Å². The summed E-state index contributed by atoms with van der Waals surface area (Å²) >= 11 is 0. The maximum atomic E-state index is 13.8. The van der Waals surface area contributed by atoms with Crippen molar-refractivity contribution < 1.29 is 8.78 Å². The van der Waals surface area contributed by atoms with E-state index in [-0.39, 0.29) is 40.1 Å². The quantitative estimate of drug-likeness (QED) is 0.307. The minimum absolute atomic E-state index is 0.0200. The Morgan fingerprint density at radius 3 is 2.32 bits per heavy atom. The van der Waals surface area contributed by atoms with Gasteiger partial charge in [0.1, 0.15) is 23.3 Å². The van der Waals surface area contributed by atoms with E-state index in [0.717, 1.165) is 18.3 Å². The molecule has 1 aromatic carbocycles. The molecule has 8 heteroatoms.